The van der Waals surface area contributed by atoms with E-state index < -0.39 is 6.10 Å². The zero-order chi connectivity index (χ0) is 13.4. The smallest absolute Gasteiger partial charge is 0.267 e. The summed E-state index contributed by atoms with van der Waals surface area (Å²) in [4.78, 5) is 16.3. The zero-order valence-electron chi connectivity index (χ0n) is 10.1. The predicted octanol–water partition coefficient (Wildman–Crippen LogP) is 3.05. The largest absolute Gasteiger partial charge is 0.480 e. The molecule has 0 saturated carbocycles. The van der Waals surface area contributed by atoms with Gasteiger partial charge in [0.25, 0.3) is 5.91 Å². The van der Waals surface area contributed by atoms with Crippen LogP contribution < -0.4 is 10.1 Å². The minimum atomic E-state index is -0.516. The number of thiazole rings is 1. The first-order valence-electron chi connectivity index (χ1n) is 5.80. The Morgan fingerprint density at radius 1 is 1.58 bits per heavy atom. The van der Waals surface area contributed by atoms with Gasteiger partial charge in [0.1, 0.15) is 5.75 Å². The molecule has 98 valence electrons. The van der Waals surface area contributed by atoms with Crippen molar-refractivity contribution in [2.45, 2.75) is 19.4 Å². The molecule has 0 aliphatic carbocycles. The summed E-state index contributed by atoms with van der Waals surface area (Å²) < 4.78 is 5.61. The quantitative estimate of drug-likeness (QED) is 0.926. The molecule has 3 rings (SSSR count). The number of anilines is 1. The first-order chi connectivity index (χ1) is 9.11. The Labute approximate surface area is 119 Å². The van der Waals surface area contributed by atoms with Gasteiger partial charge in [-0.1, -0.05) is 11.6 Å². The number of halogens is 1. The van der Waals surface area contributed by atoms with Gasteiger partial charge in [-0.25, -0.2) is 4.98 Å². The van der Waals surface area contributed by atoms with Crippen molar-refractivity contribution in [2.24, 2.45) is 0 Å². The van der Waals surface area contributed by atoms with Crippen molar-refractivity contribution in [3.05, 3.63) is 39.9 Å². The van der Waals surface area contributed by atoms with E-state index >= 15 is 0 Å². The van der Waals surface area contributed by atoms with Crippen LogP contribution in [0.25, 0.3) is 0 Å². The number of rotatable bonds is 2. The third-order valence-electron chi connectivity index (χ3n) is 2.84. The van der Waals surface area contributed by atoms with E-state index in [1.165, 1.54) is 11.3 Å². The summed E-state index contributed by atoms with van der Waals surface area (Å²) in [7, 11) is 0. The SMILES string of the molecule is Cc1csc(NC(=O)[C@@H]2Cc3cc(Cl)ccc3O2)n1. The maximum atomic E-state index is 12.1. The van der Waals surface area contributed by atoms with Crippen molar-refractivity contribution < 1.29 is 9.53 Å². The van der Waals surface area contributed by atoms with Crippen LogP contribution in [0.4, 0.5) is 5.13 Å². The molecule has 1 aromatic carbocycles. The number of hydrogen-bond acceptors (Lipinski definition) is 4. The minimum absolute atomic E-state index is 0.179. The highest BCUT2D eigenvalue weighted by molar-refractivity contribution is 7.13. The number of aryl methyl sites for hydroxylation is 1. The minimum Gasteiger partial charge on any atom is -0.480 e. The lowest BCUT2D eigenvalue weighted by Crippen LogP contribution is -2.31. The van der Waals surface area contributed by atoms with Gasteiger partial charge in [0.15, 0.2) is 11.2 Å². The van der Waals surface area contributed by atoms with Crippen LogP contribution in [0.15, 0.2) is 23.6 Å². The molecule has 1 N–H and O–H groups in total. The lowest BCUT2D eigenvalue weighted by molar-refractivity contribution is -0.122. The number of aromatic nitrogens is 1. The van der Waals surface area contributed by atoms with Crippen LogP contribution in [-0.4, -0.2) is 17.0 Å². The highest BCUT2D eigenvalue weighted by Crippen LogP contribution is 2.31. The Balaban J connectivity index is 1.70. The maximum absolute atomic E-state index is 12.1. The van der Waals surface area contributed by atoms with Crippen molar-refractivity contribution in [2.75, 3.05) is 5.32 Å². The van der Waals surface area contributed by atoms with E-state index in [4.69, 9.17) is 16.3 Å². The molecule has 19 heavy (non-hydrogen) atoms. The monoisotopic (exact) mass is 294 g/mol. The molecule has 1 aliphatic rings. The van der Waals surface area contributed by atoms with Gasteiger partial charge in [0, 0.05) is 16.8 Å². The second-order valence-electron chi connectivity index (χ2n) is 4.35. The third kappa shape index (κ3) is 2.57. The fourth-order valence-electron chi connectivity index (χ4n) is 1.96. The molecule has 1 aliphatic heterocycles. The number of hydrogen-bond donors (Lipinski definition) is 1. The van der Waals surface area contributed by atoms with Crippen molar-refractivity contribution in [3.63, 3.8) is 0 Å². The lowest BCUT2D eigenvalue weighted by Gasteiger charge is -2.09. The van der Waals surface area contributed by atoms with E-state index in [1.54, 1.807) is 12.1 Å². The lowest BCUT2D eigenvalue weighted by atomic mass is 10.1. The fourth-order valence-corrected chi connectivity index (χ4v) is 2.85. The van der Waals surface area contributed by atoms with Crippen LogP contribution in [0.3, 0.4) is 0 Å². The maximum Gasteiger partial charge on any atom is 0.267 e. The Morgan fingerprint density at radius 2 is 2.42 bits per heavy atom. The molecule has 1 atom stereocenters. The van der Waals surface area contributed by atoms with Crippen molar-refractivity contribution in [3.8, 4) is 5.75 Å². The highest BCUT2D eigenvalue weighted by atomic mass is 35.5. The number of fused-ring (bicyclic) bond motifs is 1. The summed E-state index contributed by atoms with van der Waals surface area (Å²) in [6, 6.07) is 5.38. The molecule has 2 aromatic rings. The second kappa shape index (κ2) is 4.83. The Bertz CT molecular complexity index is 641. The number of amides is 1. The summed E-state index contributed by atoms with van der Waals surface area (Å²) in [6.45, 7) is 1.88. The van der Waals surface area contributed by atoms with Gasteiger partial charge in [0.05, 0.1) is 5.69 Å². The number of benzene rings is 1. The van der Waals surface area contributed by atoms with E-state index in [1.807, 2.05) is 18.4 Å². The standard InChI is InChI=1S/C13H11ClN2O2S/c1-7-6-19-13(15-7)16-12(17)11-5-8-4-9(14)2-3-10(8)18-11/h2-4,6,11H,5H2,1H3,(H,15,16,17)/t11-/m0/s1. The molecular weight excluding hydrogens is 284 g/mol. The van der Waals surface area contributed by atoms with Crippen molar-refractivity contribution >= 4 is 34.0 Å². The fraction of sp³-hybridized carbons (Fsp3) is 0.231. The average molecular weight is 295 g/mol. The van der Waals surface area contributed by atoms with Gasteiger partial charge in [-0.15, -0.1) is 11.3 Å². The summed E-state index contributed by atoms with van der Waals surface area (Å²) in [6.07, 6.45) is 0.0178. The van der Waals surface area contributed by atoms with Crippen LogP contribution in [0, 0.1) is 6.92 Å². The molecule has 0 fully saturated rings. The van der Waals surface area contributed by atoms with E-state index in [-0.39, 0.29) is 5.91 Å². The number of carbonyl (C=O) groups is 1. The topological polar surface area (TPSA) is 51.2 Å². The normalized spacial score (nSPS) is 16.8. The average Bonchev–Trinajstić information content (AvgIpc) is 2.95. The van der Waals surface area contributed by atoms with E-state index in [9.17, 15) is 4.79 Å². The molecule has 0 bridgehead atoms. The van der Waals surface area contributed by atoms with Gasteiger partial charge in [-0.3, -0.25) is 10.1 Å². The Morgan fingerprint density at radius 3 is 3.16 bits per heavy atom. The predicted molar refractivity (Wildman–Crippen MR) is 75.1 cm³/mol. The number of nitrogens with one attached hydrogen (secondary N) is 1. The number of nitrogens with zero attached hydrogens (tertiary/aromatic N) is 1. The summed E-state index contributed by atoms with van der Waals surface area (Å²) in [5, 5.41) is 5.90. The molecule has 6 heteroatoms. The molecule has 4 nitrogen and oxygen atoms in total. The van der Waals surface area contributed by atoms with Crippen LogP contribution in [0.5, 0.6) is 5.75 Å². The molecule has 1 aromatic heterocycles. The van der Waals surface area contributed by atoms with Crippen LogP contribution in [-0.2, 0) is 11.2 Å². The second-order valence-corrected chi connectivity index (χ2v) is 5.64. The van der Waals surface area contributed by atoms with Crippen molar-refractivity contribution in [1.82, 2.24) is 4.98 Å². The molecule has 0 unspecified atom stereocenters. The summed E-state index contributed by atoms with van der Waals surface area (Å²) in [5.41, 5.74) is 1.85. The van der Waals surface area contributed by atoms with E-state index in [0.29, 0.717) is 16.6 Å². The molecule has 0 spiro atoms. The first-order valence-corrected chi connectivity index (χ1v) is 7.05. The van der Waals surface area contributed by atoms with Crippen LogP contribution >= 0.6 is 22.9 Å². The number of ether oxygens (including phenoxy) is 1. The van der Waals surface area contributed by atoms with Gasteiger partial charge in [0.2, 0.25) is 0 Å². The van der Waals surface area contributed by atoms with Gasteiger partial charge >= 0.3 is 0 Å². The molecule has 1 amide bonds. The molecule has 2 heterocycles. The third-order valence-corrected chi connectivity index (χ3v) is 3.95. The van der Waals surface area contributed by atoms with Gasteiger partial charge < -0.3 is 4.74 Å². The van der Waals surface area contributed by atoms with E-state index in [2.05, 4.69) is 10.3 Å². The summed E-state index contributed by atoms with van der Waals surface area (Å²) in [5.74, 6) is 0.543. The zero-order valence-corrected chi connectivity index (χ0v) is 11.7. The number of carbonyl (C=O) groups excluding carboxylic acids is 1. The van der Waals surface area contributed by atoms with Crippen LogP contribution in [0.2, 0.25) is 5.02 Å². The van der Waals surface area contributed by atoms with Crippen LogP contribution in [0.1, 0.15) is 11.3 Å². The van der Waals surface area contributed by atoms with E-state index in [0.717, 1.165) is 17.0 Å². The molecular formula is C13H11ClN2O2S. The first kappa shape index (κ1) is 12.4. The van der Waals surface area contributed by atoms with Crippen molar-refractivity contribution in [1.29, 1.82) is 0 Å². The van der Waals surface area contributed by atoms with Gasteiger partial charge in [-0.05, 0) is 30.7 Å². The van der Waals surface area contributed by atoms with Gasteiger partial charge in [-0.2, -0.15) is 0 Å². The summed E-state index contributed by atoms with van der Waals surface area (Å²) >= 11 is 7.32. The Kier molecular flexibility index (Phi) is 3.16. The molecule has 0 saturated heterocycles. The highest BCUT2D eigenvalue weighted by Gasteiger charge is 2.29. The Hall–Kier alpha value is -1.59. The molecule has 0 radical (unpaired) electrons.